The van der Waals surface area contributed by atoms with Gasteiger partial charge in [-0.2, -0.15) is 0 Å². The number of benzene rings is 3. The van der Waals surface area contributed by atoms with Crippen molar-refractivity contribution in [1.82, 2.24) is 0 Å². The van der Waals surface area contributed by atoms with Gasteiger partial charge in [0, 0.05) is 28.0 Å². The van der Waals surface area contributed by atoms with E-state index in [1.165, 1.54) is 6.07 Å². The molecule has 2 amide bonds. The Morgan fingerprint density at radius 1 is 0.821 bits per heavy atom. The molecule has 0 aliphatic heterocycles. The summed E-state index contributed by atoms with van der Waals surface area (Å²) < 4.78 is 5.14. The van der Waals surface area contributed by atoms with E-state index < -0.39 is 0 Å². The zero-order chi connectivity index (χ0) is 20.1. The van der Waals surface area contributed by atoms with Crippen molar-refractivity contribution >= 4 is 46.4 Å². The minimum atomic E-state index is -0.366. The van der Waals surface area contributed by atoms with Crippen molar-refractivity contribution in [3.05, 3.63) is 87.9 Å². The Labute approximate surface area is 172 Å². The molecule has 28 heavy (non-hydrogen) atoms. The van der Waals surface area contributed by atoms with Crippen LogP contribution in [0.2, 0.25) is 10.0 Å². The quantitative estimate of drug-likeness (QED) is 0.578. The van der Waals surface area contributed by atoms with Gasteiger partial charge in [0.1, 0.15) is 5.75 Å². The smallest absolute Gasteiger partial charge is 0.257 e. The fraction of sp³-hybridized carbons (Fsp3) is 0.0476. The first-order chi connectivity index (χ1) is 13.5. The lowest BCUT2D eigenvalue weighted by atomic mass is 10.1. The average molecular weight is 415 g/mol. The Morgan fingerprint density at radius 3 is 2.21 bits per heavy atom. The number of hydrogen-bond acceptors (Lipinski definition) is 3. The highest BCUT2D eigenvalue weighted by Crippen LogP contribution is 2.22. The standard InChI is InChI=1S/C21H16Cl2N2O3/c1-28-17-4-2-3-16(12-17)25-20(26)13-5-8-15(9-6-13)24-21(27)18-10-7-14(22)11-19(18)23/h2-12H,1H3,(H,24,27)(H,25,26). The summed E-state index contributed by atoms with van der Waals surface area (Å²) in [6.07, 6.45) is 0. The summed E-state index contributed by atoms with van der Waals surface area (Å²) in [5.74, 6) is 0.0128. The largest absolute Gasteiger partial charge is 0.497 e. The van der Waals surface area contributed by atoms with E-state index in [1.54, 1.807) is 67.8 Å². The van der Waals surface area contributed by atoms with E-state index in [9.17, 15) is 9.59 Å². The van der Waals surface area contributed by atoms with E-state index in [0.717, 1.165) is 0 Å². The van der Waals surface area contributed by atoms with Crippen molar-refractivity contribution in [3.63, 3.8) is 0 Å². The van der Waals surface area contributed by atoms with Gasteiger partial charge in [-0.05, 0) is 54.6 Å². The molecule has 2 N–H and O–H groups in total. The summed E-state index contributed by atoms with van der Waals surface area (Å²) in [7, 11) is 1.56. The highest BCUT2D eigenvalue weighted by Gasteiger charge is 2.12. The molecular weight excluding hydrogens is 399 g/mol. The van der Waals surface area contributed by atoms with Crippen LogP contribution in [0.3, 0.4) is 0 Å². The maximum atomic E-state index is 12.4. The molecule has 0 heterocycles. The van der Waals surface area contributed by atoms with Crippen molar-refractivity contribution in [2.24, 2.45) is 0 Å². The van der Waals surface area contributed by atoms with Gasteiger partial charge in [0.15, 0.2) is 0 Å². The van der Waals surface area contributed by atoms with Crippen molar-refractivity contribution < 1.29 is 14.3 Å². The summed E-state index contributed by atoms with van der Waals surface area (Å²) in [6.45, 7) is 0. The first kappa shape index (κ1) is 19.7. The summed E-state index contributed by atoms with van der Waals surface area (Å²) in [5.41, 5.74) is 1.92. The lowest BCUT2D eigenvalue weighted by Gasteiger charge is -2.09. The van der Waals surface area contributed by atoms with E-state index in [1.807, 2.05) is 0 Å². The minimum Gasteiger partial charge on any atom is -0.497 e. The van der Waals surface area contributed by atoms with E-state index in [2.05, 4.69) is 10.6 Å². The van der Waals surface area contributed by atoms with Gasteiger partial charge < -0.3 is 15.4 Å². The van der Waals surface area contributed by atoms with Gasteiger partial charge in [-0.25, -0.2) is 0 Å². The molecular formula is C21H16Cl2N2O3. The molecule has 0 unspecified atom stereocenters. The van der Waals surface area contributed by atoms with E-state index in [4.69, 9.17) is 27.9 Å². The van der Waals surface area contributed by atoms with Gasteiger partial charge in [-0.15, -0.1) is 0 Å². The Morgan fingerprint density at radius 2 is 1.54 bits per heavy atom. The second-order valence-electron chi connectivity index (χ2n) is 5.84. The number of rotatable bonds is 5. The number of methoxy groups -OCH3 is 1. The molecule has 0 spiro atoms. The Kier molecular flexibility index (Phi) is 6.19. The number of carbonyl (C=O) groups is 2. The van der Waals surface area contributed by atoms with Crippen molar-refractivity contribution in [2.75, 3.05) is 17.7 Å². The first-order valence-corrected chi connectivity index (χ1v) is 9.04. The number of nitrogens with one attached hydrogen (secondary N) is 2. The molecule has 3 aromatic rings. The highest BCUT2D eigenvalue weighted by molar-refractivity contribution is 6.37. The molecule has 142 valence electrons. The zero-order valence-electron chi connectivity index (χ0n) is 14.8. The minimum absolute atomic E-state index is 0.263. The summed E-state index contributed by atoms with van der Waals surface area (Å²) in [4.78, 5) is 24.7. The van der Waals surface area contributed by atoms with Crippen LogP contribution in [-0.2, 0) is 0 Å². The van der Waals surface area contributed by atoms with Crippen molar-refractivity contribution in [2.45, 2.75) is 0 Å². The number of carbonyl (C=O) groups excluding carboxylic acids is 2. The van der Waals surface area contributed by atoms with Gasteiger partial charge in [0.2, 0.25) is 0 Å². The highest BCUT2D eigenvalue weighted by atomic mass is 35.5. The number of ether oxygens (including phenoxy) is 1. The van der Waals surface area contributed by atoms with Gasteiger partial charge in [-0.3, -0.25) is 9.59 Å². The first-order valence-electron chi connectivity index (χ1n) is 8.28. The molecule has 0 aliphatic carbocycles. The number of anilines is 2. The predicted octanol–water partition coefficient (Wildman–Crippen LogP) is 5.51. The molecule has 0 saturated heterocycles. The maximum Gasteiger partial charge on any atom is 0.257 e. The topological polar surface area (TPSA) is 67.4 Å². The van der Waals surface area contributed by atoms with E-state index in [-0.39, 0.29) is 16.8 Å². The Bertz CT molecular complexity index is 1020. The Hall–Kier alpha value is -3.02. The third kappa shape index (κ3) is 4.82. The molecule has 0 saturated carbocycles. The molecule has 0 aromatic heterocycles. The van der Waals surface area contributed by atoms with Crippen LogP contribution in [0.1, 0.15) is 20.7 Å². The molecule has 0 aliphatic rings. The van der Waals surface area contributed by atoms with Gasteiger partial charge in [-0.1, -0.05) is 29.3 Å². The van der Waals surface area contributed by atoms with Crippen LogP contribution in [0.15, 0.2) is 66.7 Å². The lowest BCUT2D eigenvalue weighted by Crippen LogP contribution is -2.14. The Balaban J connectivity index is 1.67. The fourth-order valence-electron chi connectivity index (χ4n) is 2.48. The van der Waals surface area contributed by atoms with E-state index in [0.29, 0.717) is 33.3 Å². The molecule has 5 nitrogen and oxygen atoms in total. The number of halogens is 2. The van der Waals surface area contributed by atoms with Crippen molar-refractivity contribution in [1.29, 1.82) is 0 Å². The third-order valence-corrected chi connectivity index (χ3v) is 4.46. The normalized spacial score (nSPS) is 10.2. The van der Waals surface area contributed by atoms with Crippen LogP contribution in [0.5, 0.6) is 5.75 Å². The van der Waals surface area contributed by atoms with Crippen LogP contribution in [0, 0.1) is 0 Å². The van der Waals surface area contributed by atoms with Gasteiger partial charge in [0.25, 0.3) is 11.8 Å². The summed E-state index contributed by atoms with van der Waals surface area (Å²) in [5, 5.41) is 6.25. The van der Waals surface area contributed by atoms with E-state index >= 15 is 0 Å². The van der Waals surface area contributed by atoms with Gasteiger partial charge >= 0.3 is 0 Å². The van der Waals surface area contributed by atoms with Crippen molar-refractivity contribution in [3.8, 4) is 5.75 Å². The second kappa shape index (κ2) is 8.78. The number of amides is 2. The molecule has 0 atom stereocenters. The summed E-state index contributed by atoms with van der Waals surface area (Å²) in [6, 6.07) is 18.2. The van der Waals surface area contributed by atoms with Crippen LogP contribution in [-0.4, -0.2) is 18.9 Å². The average Bonchev–Trinajstić information content (AvgIpc) is 2.68. The van der Waals surface area contributed by atoms with Crippen LogP contribution >= 0.6 is 23.2 Å². The summed E-state index contributed by atoms with van der Waals surface area (Å²) >= 11 is 11.9. The lowest BCUT2D eigenvalue weighted by molar-refractivity contribution is 0.102. The zero-order valence-corrected chi connectivity index (χ0v) is 16.3. The SMILES string of the molecule is COc1cccc(NC(=O)c2ccc(NC(=O)c3ccc(Cl)cc3Cl)cc2)c1. The molecule has 7 heteroatoms. The predicted molar refractivity (Wildman–Crippen MR) is 112 cm³/mol. The molecule has 0 fully saturated rings. The van der Waals surface area contributed by atoms with Crippen LogP contribution in [0.4, 0.5) is 11.4 Å². The van der Waals surface area contributed by atoms with Crippen LogP contribution in [0.25, 0.3) is 0 Å². The van der Waals surface area contributed by atoms with Gasteiger partial charge in [0.05, 0.1) is 17.7 Å². The molecule has 0 radical (unpaired) electrons. The fourth-order valence-corrected chi connectivity index (χ4v) is 2.98. The molecule has 3 aromatic carbocycles. The molecule has 3 rings (SSSR count). The van der Waals surface area contributed by atoms with Crippen LogP contribution < -0.4 is 15.4 Å². The monoisotopic (exact) mass is 414 g/mol. The number of hydrogen-bond donors (Lipinski definition) is 2. The maximum absolute atomic E-state index is 12.4. The second-order valence-corrected chi connectivity index (χ2v) is 6.69. The molecule has 0 bridgehead atoms. The third-order valence-electron chi connectivity index (χ3n) is 3.91.